The zero-order valence-corrected chi connectivity index (χ0v) is 9.27. The van der Waals surface area contributed by atoms with Gasteiger partial charge in [0.15, 0.2) is 5.54 Å². The van der Waals surface area contributed by atoms with Crippen LogP contribution in [0, 0.1) is 5.92 Å². The molecule has 90 valence electrons. The lowest BCUT2D eigenvalue weighted by molar-refractivity contribution is -0.145. The second kappa shape index (κ2) is 5.12. The molecule has 1 aliphatic carbocycles. The summed E-state index contributed by atoms with van der Waals surface area (Å²) in [6.45, 7) is 1.75. The Morgan fingerprint density at radius 3 is 2.69 bits per heavy atom. The zero-order chi connectivity index (χ0) is 12.2. The molecule has 0 aromatic carbocycles. The monoisotopic (exact) mass is 227 g/mol. The fourth-order valence-electron chi connectivity index (χ4n) is 1.82. The van der Waals surface area contributed by atoms with Gasteiger partial charge in [-0.05, 0) is 12.8 Å². The number of hydrogen-bond donors (Lipinski definition) is 3. The molecule has 0 aromatic heterocycles. The molecule has 1 amide bonds. The number of aliphatic carboxylic acids is 1. The highest BCUT2D eigenvalue weighted by atomic mass is 16.4. The van der Waals surface area contributed by atoms with Crippen molar-refractivity contribution in [2.75, 3.05) is 6.61 Å². The summed E-state index contributed by atoms with van der Waals surface area (Å²) in [5, 5.41) is 20.6. The minimum atomic E-state index is -1.33. The largest absolute Gasteiger partial charge is 0.479 e. The number of carboxylic acid groups (broad SMARTS) is 1. The van der Waals surface area contributed by atoms with Crippen molar-refractivity contribution in [1.82, 2.24) is 5.32 Å². The van der Waals surface area contributed by atoms with Crippen LogP contribution >= 0.6 is 0 Å². The molecular formula is C11H17NO4. The number of amides is 1. The molecule has 2 atom stereocenters. The second-order valence-corrected chi connectivity index (χ2v) is 4.08. The van der Waals surface area contributed by atoms with Crippen LogP contribution in [0.4, 0.5) is 0 Å². The number of hydrogen-bond acceptors (Lipinski definition) is 3. The molecule has 0 saturated heterocycles. The summed E-state index contributed by atoms with van der Waals surface area (Å²) >= 11 is 0. The number of carboxylic acids is 1. The van der Waals surface area contributed by atoms with Crippen LogP contribution in [0.3, 0.4) is 0 Å². The smallest absolute Gasteiger partial charge is 0.333 e. The van der Waals surface area contributed by atoms with Gasteiger partial charge in [0, 0.05) is 18.9 Å². The van der Waals surface area contributed by atoms with Gasteiger partial charge in [0.05, 0.1) is 0 Å². The van der Waals surface area contributed by atoms with E-state index in [0.717, 1.165) is 0 Å². The molecule has 1 rings (SSSR count). The summed E-state index contributed by atoms with van der Waals surface area (Å²) in [6.07, 6.45) is 4.31. The van der Waals surface area contributed by atoms with Crippen LogP contribution in [0.15, 0.2) is 12.2 Å². The number of carbonyl (C=O) groups is 2. The van der Waals surface area contributed by atoms with Crippen molar-refractivity contribution in [3.63, 3.8) is 0 Å². The SMILES string of the molecule is CCCC(=O)NC1(C(=O)O)C=CC(CO)C1. The molecule has 0 bridgehead atoms. The van der Waals surface area contributed by atoms with Crippen molar-refractivity contribution in [3.8, 4) is 0 Å². The predicted molar refractivity (Wildman–Crippen MR) is 57.8 cm³/mol. The number of rotatable bonds is 5. The van der Waals surface area contributed by atoms with E-state index in [1.54, 1.807) is 6.08 Å². The number of nitrogens with one attached hydrogen (secondary N) is 1. The molecule has 2 unspecified atom stereocenters. The van der Waals surface area contributed by atoms with Gasteiger partial charge in [-0.15, -0.1) is 0 Å². The molecule has 0 aromatic rings. The first kappa shape index (κ1) is 12.7. The first-order valence-electron chi connectivity index (χ1n) is 5.38. The minimum Gasteiger partial charge on any atom is -0.479 e. The number of aliphatic hydroxyl groups excluding tert-OH is 1. The molecule has 1 aliphatic rings. The van der Waals surface area contributed by atoms with Crippen molar-refractivity contribution in [1.29, 1.82) is 0 Å². The third-order valence-corrected chi connectivity index (χ3v) is 2.69. The van der Waals surface area contributed by atoms with Crippen LogP contribution in [0.25, 0.3) is 0 Å². The highest BCUT2D eigenvalue weighted by molar-refractivity contribution is 5.89. The third kappa shape index (κ3) is 2.61. The lowest BCUT2D eigenvalue weighted by Crippen LogP contribution is -2.52. The van der Waals surface area contributed by atoms with Gasteiger partial charge in [-0.3, -0.25) is 4.79 Å². The number of carbonyl (C=O) groups excluding carboxylic acids is 1. The van der Waals surface area contributed by atoms with Gasteiger partial charge in [-0.1, -0.05) is 19.1 Å². The van der Waals surface area contributed by atoms with Crippen LogP contribution in [0.5, 0.6) is 0 Å². The quantitative estimate of drug-likeness (QED) is 0.589. The van der Waals surface area contributed by atoms with Gasteiger partial charge in [-0.2, -0.15) is 0 Å². The van der Waals surface area contributed by atoms with Gasteiger partial charge in [0.1, 0.15) is 0 Å². The van der Waals surface area contributed by atoms with E-state index < -0.39 is 11.5 Å². The van der Waals surface area contributed by atoms with Crippen LogP contribution in [0.1, 0.15) is 26.2 Å². The van der Waals surface area contributed by atoms with Gasteiger partial charge in [-0.25, -0.2) is 4.79 Å². The van der Waals surface area contributed by atoms with Crippen LogP contribution in [-0.2, 0) is 9.59 Å². The molecule has 0 aliphatic heterocycles. The van der Waals surface area contributed by atoms with E-state index in [0.29, 0.717) is 12.8 Å². The Bertz CT molecular complexity index is 313. The molecule has 5 heteroatoms. The predicted octanol–water partition coefficient (Wildman–Crippen LogP) is 0.294. The second-order valence-electron chi connectivity index (χ2n) is 4.08. The van der Waals surface area contributed by atoms with E-state index in [1.807, 2.05) is 6.92 Å². The first-order valence-corrected chi connectivity index (χ1v) is 5.38. The van der Waals surface area contributed by atoms with E-state index in [1.165, 1.54) is 6.08 Å². The molecule has 0 saturated carbocycles. The summed E-state index contributed by atoms with van der Waals surface area (Å²) in [5.41, 5.74) is -1.33. The van der Waals surface area contributed by atoms with Crippen molar-refractivity contribution < 1.29 is 19.8 Å². The van der Waals surface area contributed by atoms with Gasteiger partial charge < -0.3 is 15.5 Å². The maximum atomic E-state index is 11.4. The lowest BCUT2D eigenvalue weighted by Gasteiger charge is -2.25. The zero-order valence-electron chi connectivity index (χ0n) is 9.27. The molecule has 16 heavy (non-hydrogen) atoms. The third-order valence-electron chi connectivity index (χ3n) is 2.69. The molecule has 3 N–H and O–H groups in total. The van der Waals surface area contributed by atoms with Crippen LogP contribution in [0.2, 0.25) is 0 Å². The summed E-state index contributed by atoms with van der Waals surface area (Å²) in [7, 11) is 0. The minimum absolute atomic E-state index is 0.102. The Hall–Kier alpha value is -1.36. The number of aliphatic hydroxyl groups is 1. The molecular weight excluding hydrogens is 210 g/mol. The fraction of sp³-hybridized carbons (Fsp3) is 0.636. The van der Waals surface area contributed by atoms with Crippen molar-refractivity contribution in [3.05, 3.63) is 12.2 Å². The van der Waals surface area contributed by atoms with Crippen LogP contribution < -0.4 is 5.32 Å². The van der Waals surface area contributed by atoms with E-state index in [4.69, 9.17) is 10.2 Å². The van der Waals surface area contributed by atoms with E-state index in [2.05, 4.69) is 5.32 Å². The van der Waals surface area contributed by atoms with E-state index in [-0.39, 0.29) is 24.9 Å². The highest BCUT2D eigenvalue weighted by Crippen LogP contribution is 2.28. The molecule has 0 fully saturated rings. The Kier molecular flexibility index (Phi) is 4.06. The first-order chi connectivity index (χ1) is 7.54. The Labute approximate surface area is 94.2 Å². The summed E-state index contributed by atoms with van der Waals surface area (Å²) in [5.74, 6) is -1.55. The summed E-state index contributed by atoms with van der Waals surface area (Å²) < 4.78 is 0. The topological polar surface area (TPSA) is 86.6 Å². The van der Waals surface area contributed by atoms with Gasteiger partial charge >= 0.3 is 5.97 Å². The highest BCUT2D eigenvalue weighted by Gasteiger charge is 2.42. The van der Waals surface area contributed by atoms with Crippen LogP contribution in [-0.4, -0.2) is 34.2 Å². The average molecular weight is 227 g/mol. The molecule has 0 spiro atoms. The maximum absolute atomic E-state index is 11.4. The standard InChI is InChI=1S/C11H17NO4/c1-2-3-9(14)12-11(10(15)16)5-4-8(6-11)7-13/h4-5,8,13H,2-3,6-7H2,1H3,(H,12,14)(H,15,16). The van der Waals surface area contributed by atoms with Gasteiger partial charge in [0.25, 0.3) is 0 Å². The van der Waals surface area contributed by atoms with Crippen molar-refractivity contribution in [2.24, 2.45) is 5.92 Å². The van der Waals surface area contributed by atoms with Gasteiger partial charge in [0.2, 0.25) is 5.91 Å². The van der Waals surface area contributed by atoms with E-state index in [9.17, 15) is 9.59 Å². The fourth-order valence-corrected chi connectivity index (χ4v) is 1.82. The Morgan fingerprint density at radius 2 is 2.25 bits per heavy atom. The normalized spacial score (nSPS) is 28.0. The molecule has 5 nitrogen and oxygen atoms in total. The average Bonchev–Trinajstić information content (AvgIpc) is 2.63. The summed E-state index contributed by atoms with van der Waals surface area (Å²) in [4.78, 5) is 22.6. The van der Waals surface area contributed by atoms with Crippen molar-refractivity contribution >= 4 is 11.9 Å². The van der Waals surface area contributed by atoms with Crippen molar-refractivity contribution in [2.45, 2.75) is 31.7 Å². The van der Waals surface area contributed by atoms with E-state index >= 15 is 0 Å². The molecule has 0 heterocycles. The summed E-state index contributed by atoms with van der Waals surface area (Å²) in [6, 6.07) is 0. The Balaban J connectivity index is 2.73. The maximum Gasteiger partial charge on any atom is 0.333 e. The molecule has 0 radical (unpaired) electrons. The lowest BCUT2D eigenvalue weighted by atomic mass is 9.95. The Morgan fingerprint density at radius 1 is 1.56 bits per heavy atom.